The summed E-state index contributed by atoms with van der Waals surface area (Å²) in [5, 5.41) is 13.4. The van der Waals surface area contributed by atoms with E-state index in [2.05, 4.69) is 5.32 Å². The SMILES string of the molecule is O=C(NCC1(O)CCCCCC1)C1Cc2ccccc2O1. The number of rotatable bonds is 3. The Hall–Kier alpha value is -1.55. The molecular formula is C17H23NO3. The van der Waals surface area contributed by atoms with E-state index in [4.69, 9.17) is 4.74 Å². The summed E-state index contributed by atoms with van der Waals surface area (Å²) in [7, 11) is 0. The fourth-order valence-electron chi connectivity index (χ4n) is 3.26. The molecule has 4 heteroatoms. The molecule has 2 aliphatic rings. The Morgan fingerprint density at radius 1 is 1.24 bits per heavy atom. The van der Waals surface area contributed by atoms with Crippen LogP contribution >= 0.6 is 0 Å². The molecule has 1 aliphatic carbocycles. The van der Waals surface area contributed by atoms with Crippen LogP contribution in [0.1, 0.15) is 44.1 Å². The molecule has 2 N–H and O–H groups in total. The van der Waals surface area contributed by atoms with E-state index in [1.807, 2.05) is 24.3 Å². The maximum atomic E-state index is 12.2. The van der Waals surface area contributed by atoms with E-state index < -0.39 is 11.7 Å². The van der Waals surface area contributed by atoms with E-state index in [1.165, 1.54) is 12.8 Å². The van der Waals surface area contributed by atoms with Gasteiger partial charge in [0.05, 0.1) is 5.60 Å². The van der Waals surface area contributed by atoms with Crippen molar-refractivity contribution >= 4 is 5.91 Å². The summed E-state index contributed by atoms with van der Waals surface area (Å²) in [5.41, 5.74) is 0.336. The number of aliphatic hydroxyl groups is 1. The first-order chi connectivity index (χ1) is 10.2. The van der Waals surface area contributed by atoms with Gasteiger partial charge in [-0.3, -0.25) is 4.79 Å². The van der Waals surface area contributed by atoms with Gasteiger partial charge in [-0.15, -0.1) is 0 Å². The van der Waals surface area contributed by atoms with Gasteiger partial charge in [-0.1, -0.05) is 43.9 Å². The van der Waals surface area contributed by atoms with Gasteiger partial charge in [-0.25, -0.2) is 0 Å². The number of hydrogen-bond acceptors (Lipinski definition) is 3. The first kappa shape index (κ1) is 14.4. The Morgan fingerprint density at radius 2 is 1.95 bits per heavy atom. The molecule has 114 valence electrons. The molecule has 1 saturated carbocycles. The Balaban J connectivity index is 1.53. The summed E-state index contributed by atoms with van der Waals surface area (Å²) in [6.45, 7) is 0.335. The molecule has 0 radical (unpaired) electrons. The van der Waals surface area contributed by atoms with Gasteiger partial charge in [0.25, 0.3) is 5.91 Å². The van der Waals surface area contributed by atoms with Crippen molar-refractivity contribution in [3.63, 3.8) is 0 Å². The van der Waals surface area contributed by atoms with Crippen LogP contribution in [0.3, 0.4) is 0 Å². The van der Waals surface area contributed by atoms with Crippen molar-refractivity contribution in [3.8, 4) is 5.75 Å². The zero-order valence-corrected chi connectivity index (χ0v) is 12.3. The first-order valence-corrected chi connectivity index (χ1v) is 7.91. The third-order valence-electron chi connectivity index (χ3n) is 4.57. The van der Waals surface area contributed by atoms with Gasteiger partial charge < -0.3 is 15.2 Å². The molecule has 21 heavy (non-hydrogen) atoms. The minimum Gasteiger partial charge on any atom is -0.480 e. The summed E-state index contributed by atoms with van der Waals surface area (Å²) >= 11 is 0. The number of ether oxygens (including phenoxy) is 1. The lowest BCUT2D eigenvalue weighted by atomic mass is 9.94. The number of hydrogen-bond donors (Lipinski definition) is 2. The van der Waals surface area contributed by atoms with Crippen LogP contribution in [0, 0.1) is 0 Å². The molecule has 1 heterocycles. The summed E-state index contributed by atoms with van der Waals surface area (Å²) in [6.07, 6.45) is 6.14. The highest BCUT2D eigenvalue weighted by atomic mass is 16.5. The van der Waals surface area contributed by atoms with Crippen LogP contribution in [0.15, 0.2) is 24.3 Å². The number of carbonyl (C=O) groups excluding carboxylic acids is 1. The van der Waals surface area contributed by atoms with Gasteiger partial charge in [0.15, 0.2) is 6.10 Å². The molecule has 3 rings (SSSR count). The molecule has 1 aromatic rings. The minimum absolute atomic E-state index is 0.121. The van der Waals surface area contributed by atoms with E-state index in [0.29, 0.717) is 13.0 Å². The second-order valence-electron chi connectivity index (χ2n) is 6.27. The molecule has 0 bridgehead atoms. The molecule has 4 nitrogen and oxygen atoms in total. The van der Waals surface area contributed by atoms with Crippen molar-refractivity contribution in [2.45, 2.75) is 56.7 Å². The highest BCUT2D eigenvalue weighted by Gasteiger charge is 2.32. The Labute approximate surface area is 125 Å². The molecule has 1 fully saturated rings. The quantitative estimate of drug-likeness (QED) is 0.839. The standard InChI is InChI=1S/C17H23NO3/c19-16(15-11-13-7-3-4-8-14(13)21-15)18-12-17(20)9-5-1-2-6-10-17/h3-4,7-8,15,20H,1-2,5-6,9-12H2,(H,18,19). The Bertz CT molecular complexity index is 482. The van der Waals surface area contributed by atoms with Crippen LogP contribution in [0.4, 0.5) is 0 Å². The molecule has 1 aromatic carbocycles. The van der Waals surface area contributed by atoms with E-state index in [9.17, 15) is 9.90 Å². The maximum Gasteiger partial charge on any atom is 0.261 e. The second-order valence-corrected chi connectivity index (χ2v) is 6.27. The molecule has 1 amide bonds. The lowest BCUT2D eigenvalue weighted by molar-refractivity contribution is -0.128. The molecular weight excluding hydrogens is 266 g/mol. The van der Waals surface area contributed by atoms with Crippen LogP contribution in [0.25, 0.3) is 0 Å². The van der Waals surface area contributed by atoms with Gasteiger partial charge in [0, 0.05) is 13.0 Å². The van der Waals surface area contributed by atoms with Crippen LogP contribution in [-0.2, 0) is 11.2 Å². The monoisotopic (exact) mass is 289 g/mol. The average Bonchev–Trinajstić information content (AvgIpc) is 2.81. The highest BCUT2D eigenvalue weighted by molar-refractivity contribution is 5.82. The van der Waals surface area contributed by atoms with Gasteiger partial charge in [0.1, 0.15) is 5.75 Å². The van der Waals surface area contributed by atoms with Crippen molar-refractivity contribution in [3.05, 3.63) is 29.8 Å². The van der Waals surface area contributed by atoms with Gasteiger partial charge >= 0.3 is 0 Å². The number of nitrogens with one attached hydrogen (secondary N) is 1. The van der Waals surface area contributed by atoms with Crippen molar-refractivity contribution in [2.75, 3.05) is 6.54 Å². The van der Waals surface area contributed by atoms with Crippen LogP contribution < -0.4 is 10.1 Å². The lowest BCUT2D eigenvalue weighted by Gasteiger charge is -2.27. The topological polar surface area (TPSA) is 58.6 Å². The summed E-state index contributed by atoms with van der Waals surface area (Å²) in [5.74, 6) is 0.676. The van der Waals surface area contributed by atoms with Crippen molar-refractivity contribution in [1.29, 1.82) is 0 Å². The Morgan fingerprint density at radius 3 is 2.67 bits per heavy atom. The van der Waals surface area contributed by atoms with Crippen molar-refractivity contribution < 1.29 is 14.6 Å². The first-order valence-electron chi connectivity index (χ1n) is 7.91. The number of carbonyl (C=O) groups is 1. The lowest BCUT2D eigenvalue weighted by Crippen LogP contribution is -2.46. The predicted molar refractivity (Wildman–Crippen MR) is 80.2 cm³/mol. The normalized spacial score (nSPS) is 23.8. The smallest absolute Gasteiger partial charge is 0.261 e. The fraction of sp³-hybridized carbons (Fsp3) is 0.588. The molecule has 0 saturated heterocycles. The fourth-order valence-corrected chi connectivity index (χ4v) is 3.26. The van der Waals surface area contributed by atoms with Crippen molar-refractivity contribution in [2.24, 2.45) is 0 Å². The van der Waals surface area contributed by atoms with E-state index in [1.54, 1.807) is 0 Å². The van der Waals surface area contributed by atoms with E-state index in [0.717, 1.165) is 37.0 Å². The van der Waals surface area contributed by atoms with E-state index in [-0.39, 0.29) is 5.91 Å². The number of benzene rings is 1. The molecule has 0 spiro atoms. The third kappa shape index (κ3) is 3.38. The maximum absolute atomic E-state index is 12.2. The summed E-state index contributed by atoms with van der Waals surface area (Å²) in [4.78, 5) is 12.2. The predicted octanol–water partition coefficient (Wildman–Crippen LogP) is 2.19. The number of amides is 1. The van der Waals surface area contributed by atoms with E-state index >= 15 is 0 Å². The highest BCUT2D eigenvalue weighted by Crippen LogP contribution is 2.29. The van der Waals surface area contributed by atoms with Gasteiger partial charge in [0.2, 0.25) is 0 Å². The second kappa shape index (κ2) is 6.06. The average molecular weight is 289 g/mol. The summed E-state index contributed by atoms with van der Waals surface area (Å²) < 4.78 is 5.67. The number of fused-ring (bicyclic) bond motifs is 1. The Kier molecular flexibility index (Phi) is 4.15. The molecule has 1 unspecified atom stereocenters. The van der Waals surface area contributed by atoms with Crippen molar-refractivity contribution in [1.82, 2.24) is 5.32 Å². The number of para-hydroxylation sites is 1. The zero-order valence-electron chi connectivity index (χ0n) is 12.3. The van der Waals surface area contributed by atoms with Gasteiger partial charge in [-0.05, 0) is 24.5 Å². The largest absolute Gasteiger partial charge is 0.480 e. The van der Waals surface area contributed by atoms with Crippen LogP contribution in [0.2, 0.25) is 0 Å². The van der Waals surface area contributed by atoms with Crippen LogP contribution in [0.5, 0.6) is 5.75 Å². The summed E-state index contributed by atoms with van der Waals surface area (Å²) in [6, 6.07) is 7.74. The zero-order chi connectivity index (χ0) is 14.7. The molecule has 1 atom stereocenters. The minimum atomic E-state index is -0.738. The van der Waals surface area contributed by atoms with Crippen LogP contribution in [-0.4, -0.2) is 29.3 Å². The molecule has 1 aliphatic heterocycles. The third-order valence-corrected chi connectivity index (χ3v) is 4.57. The molecule has 0 aromatic heterocycles. The van der Waals surface area contributed by atoms with Gasteiger partial charge in [-0.2, -0.15) is 0 Å².